The standard InChI is InChI=1S/C7H7F.3FH/c1-6-2-4-7(8)5-3-6;;;/h2-5H,1H3;3*1H. The molecule has 66 valence electrons. The summed E-state index contributed by atoms with van der Waals surface area (Å²) < 4.78 is 12.1. The van der Waals surface area contributed by atoms with E-state index in [1.54, 1.807) is 12.1 Å². The summed E-state index contributed by atoms with van der Waals surface area (Å²) in [6.07, 6.45) is 0. The molecular weight excluding hydrogens is 160 g/mol. The van der Waals surface area contributed by atoms with Gasteiger partial charge in [-0.2, -0.15) is 0 Å². The Hall–Kier alpha value is -1.06. The van der Waals surface area contributed by atoms with E-state index in [1.807, 2.05) is 6.92 Å². The lowest BCUT2D eigenvalue weighted by atomic mass is 10.2. The number of hydrogen-bond donors (Lipinski definition) is 0. The van der Waals surface area contributed by atoms with Crippen molar-refractivity contribution in [2.45, 2.75) is 6.92 Å². The van der Waals surface area contributed by atoms with E-state index < -0.39 is 0 Å². The first-order valence-corrected chi connectivity index (χ1v) is 2.51. The van der Waals surface area contributed by atoms with Gasteiger partial charge in [-0.05, 0) is 19.1 Å². The molecule has 0 saturated heterocycles. The van der Waals surface area contributed by atoms with Crippen molar-refractivity contribution in [1.82, 2.24) is 0 Å². The minimum atomic E-state index is -0.171. The highest BCUT2D eigenvalue weighted by molar-refractivity contribution is 5.13. The van der Waals surface area contributed by atoms with Crippen LogP contribution in [0.3, 0.4) is 0 Å². The monoisotopic (exact) mass is 170 g/mol. The smallest absolute Gasteiger partial charge is 0.123 e. The van der Waals surface area contributed by atoms with E-state index in [-0.39, 0.29) is 19.9 Å². The Morgan fingerprint density at radius 3 is 1.55 bits per heavy atom. The lowest BCUT2D eigenvalue weighted by Gasteiger charge is -1.87. The molecule has 0 aliphatic carbocycles. The Morgan fingerprint density at radius 1 is 0.909 bits per heavy atom. The third-order valence-corrected chi connectivity index (χ3v) is 1.01. The molecule has 4 heteroatoms. The molecule has 0 N–H and O–H groups in total. The van der Waals surface area contributed by atoms with Crippen LogP contribution in [0, 0.1) is 12.7 Å². The van der Waals surface area contributed by atoms with Crippen LogP contribution in [-0.4, -0.2) is 0 Å². The number of hydrogen-bond acceptors (Lipinski definition) is 0. The van der Waals surface area contributed by atoms with Gasteiger partial charge < -0.3 is 0 Å². The van der Waals surface area contributed by atoms with E-state index in [2.05, 4.69) is 0 Å². The van der Waals surface area contributed by atoms with Crippen molar-refractivity contribution in [2.24, 2.45) is 0 Å². The molecule has 0 bridgehead atoms. The zero-order valence-corrected chi connectivity index (χ0v) is 5.91. The first-order chi connectivity index (χ1) is 3.79. The first-order valence-electron chi connectivity index (χ1n) is 2.51. The van der Waals surface area contributed by atoms with Gasteiger partial charge in [-0.15, -0.1) is 0 Å². The van der Waals surface area contributed by atoms with Crippen molar-refractivity contribution in [3.63, 3.8) is 0 Å². The molecule has 0 heterocycles. The van der Waals surface area contributed by atoms with Gasteiger partial charge in [0.25, 0.3) is 0 Å². The summed E-state index contributed by atoms with van der Waals surface area (Å²) in [6, 6.07) is 6.40. The van der Waals surface area contributed by atoms with Gasteiger partial charge >= 0.3 is 0 Å². The Morgan fingerprint density at radius 2 is 1.27 bits per heavy atom. The summed E-state index contributed by atoms with van der Waals surface area (Å²) in [4.78, 5) is 0. The van der Waals surface area contributed by atoms with Gasteiger partial charge in [-0.1, -0.05) is 17.7 Å². The molecule has 0 amide bonds. The summed E-state index contributed by atoms with van der Waals surface area (Å²) in [6.45, 7) is 1.93. The highest BCUT2D eigenvalue weighted by Crippen LogP contribution is 1.98. The van der Waals surface area contributed by atoms with Crippen molar-refractivity contribution in [2.75, 3.05) is 0 Å². The van der Waals surface area contributed by atoms with Crippen LogP contribution in [0.15, 0.2) is 24.3 Å². The fourth-order valence-corrected chi connectivity index (χ4v) is 0.533. The fourth-order valence-electron chi connectivity index (χ4n) is 0.533. The Labute approximate surface area is 62.1 Å². The normalized spacial score (nSPS) is 6.73. The molecule has 0 radical (unpaired) electrons. The third-order valence-electron chi connectivity index (χ3n) is 1.01. The molecule has 0 fully saturated rings. The van der Waals surface area contributed by atoms with Crippen LogP contribution < -0.4 is 0 Å². The SMILES string of the molecule is Cc1ccc(F)cc1.F.F.F. The van der Waals surface area contributed by atoms with E-state index in [0.29, 0.717) is 0 Å². The van der Waals surface area contributed by atoms with E-state index in [1.165, 1.54) is 12.1 Å². The maximum absolute atomic E-state index is 12.1. The summed E-state index contributed by atoms with van der Waals surface area (Å²) >= 11 is 0. The molecule has 1 rings (SSSR count). The molecule has 0 nitrogen and oxygen atoms in total. The molecule has 0 spiro atoms. The topological polar surface area (TPSA) is 0 Å². The lowest BCUT2D eigenvalue weighted by Crippen LogP contribution is -1.71. The molecule has 0 aliphatic heterocycles. The van der Waals surface area contributed by atoms with E-state index >= 15 is 0 Å². The Kier molecular flexibility index (Phi) is 10.6. The first kappa shape index (κ1) is 16.5. The molecule has 0 saturated carbocycles. The van der Waals surface area contributed by atoms with Crippen molar-refractivity contribution in [3.8, 4) is 0 Å². The Balaban J connectivity index is -0.000000213. The average molecular weight is 170 g/mol. The second-order valence-corrected chi connectivity index (χ2v) is 1.80. The van der Waals surface area contributed by atoms with Crippen LogP contribution in [0.1, 0.15) is 5.56 Å². The molecule has 0 aromatic heterocycles. The van der Waals surface area contributed by atoms with Gasteiger partial charge in [0.15, 0.2) is 0 Å². The predicted molar refractivity (Wildman–Crippen MR) is 38.6 cm³/mol. The zero-order valence-electron chi connectivity index (χ0n) is 5.91. The molecule has 1 aromatic rings. The molecule has 0 aliphatic rings. The second kappa shape index (κ2) is 7.05. The van der Waals surface area contributed by atoms with E-state index in [9.17, 15) is 4.39 Å². The maximum atomic E-state index is 12.1. The molecule has 11 heavy (non-hydrogen) atoms. The second-order valence-electron chi connectivity index (χ2n) is 1.80. The zero-order chi connectivity index (χ0) is 5.98. The van der Waals surface area contributed by atoms with Crippen LogP contribution in [-0.2, 0) is 0 Å². The molecule has 1 aromatic carbocycles. The van der Waals surface area contributed by atoms with Gasteiger partial charge in [-0.25, -0.2) is 4.39 Å². The number of halogens is 4. The third kappa shape index (κ3) is 5.39. The number of aryl methyl sites for hydroxylation is 1. The van der Waals surface area contributed by atoms with Gasteiger partial charge in [0, 0.05) is 0 Å². The summed E-state index contributed by atoms with van der Waals surface area (Å²) in [5.74, 6) is -0.171. The van der Waals surface area contributed by atoms with Crippen LogP contribution in [0.25, 0.3) is 0 Å². The predicted octanol–water partition coefficient (Wildman–Crippen LogP) is 2.59. The van der Waals surface area contributed by atoms with Gasteiger partial charge in [-0.3, -0.25) is 14.1 Å². The highest BCUT2D eigenvalue weighted by Gasteiger charge is 1.83. The molecule has 0 unspecified atom stereocenters. The van der Waals surface area contributed by atoms with Crippen LogP contribution >= 0.6 is 0 Å². The highest BCUT2D eigenvalue weighted by atomic mass is 19.1. The average Bonchev–Trinajstić information content (AvgIpc) is 1.77. The van der Waals surface area contributed by atoms with E-state index in [0.717, 1.165) is 5.56 Å². The van der Waals surface area contributed by atoms with Crippen molar-refractivity contribution >= 4 is 0 Å². The minimum Gasteiger partial charge on any atom is -0.269 e. The maximum Gasteiger partial charge on any atom is 0.123 e. The summed E-state index contributed by atoms with van der Waals surface area (Å²) in [7, 11) is 0. The van der Waals surface area contributed by atoms with Crippen molar-refractivity contribution in [1.29, 1.82) is 0 Å². The minimum absolute atomic E-state index is 0. The number of rotatable bonds is 0. The Bertz CT molecular complexity index is 149. The molecule has 0 atom stereocenters. The summed E-state index contributed by atoms with van der Waals surface area (Å²) in [5, 5.41) is 0. The number of benzene rings is 1. The van der Waals surface area contributed by atoms with Gasteiger partial charge in [0.2, 0.25) is 0 Å². The quantitative estimate of drug-likeness (QED) is 0.525. The van der Waals surface area contributed by atoms with Crippen molar-refractivity contribution in [3.05, 3.63) is 35.6 Å². The largest absolute Gasteiger partial charge is 0.269 e. The lowest BCUT2D eigenvalue weighted by molar-refractivity contribution is 0.627. The van der Waals surface area contributed by atoms with E-state index in [4.69, 9.17) is 0 Å². The van der Waals surface area contributed by atoms with Crippen LogP contribution in [0.5, 0.6) is 0 Å². The van der Waals surface area contributed by atoms with Crippen LogP contribution in [0.2, 0.25) is 0 Å². The van der Waals surface area contributed by atoms with Gasteiger partial charge in [0.1, 0.15) is 5.82 Å². The van der Waals surface area contributed by atoms with Crippen molar-refractivity contribution < 1.29 is 18.5 Å². The van der Waals surface area contributed by atoms with Gasteiger partial charge in [0.05, 0.1) is 0 Å². The fraction of sp³-hybridized carbons (Fsp3) is 0.143. The molecular formula is C7H10F4. The summed E-state index contributed by atoms with van der Waals surface area (Å²) in [5.41, 5.74) is 1.09. The van der Waals surface area contributed by atoms with Crippen LogP contribution in [0.4, 0.5) is 18.5 Å².